The molecule has 0 aliphatic rings. The number of aliphatic carboxylic acids is 1. The Morgan fingerprint density at radius 2 is 1.57 bits per heavy atom. The second kappa shape index (κ2) is 10.6. The number of carbonyl (C=O) groups is 1. The van der Waals surface area contributed by atoms with E-state index in [0.717, 1.165) is 12.8 Å². The highest BCUT2D eigenvalue weighted by Gasteiger charge is 1.96. The van der Waals surface area contributed by atoms with E-state index in [-0.39, 0.29) is 0 Å². The number of carboxylic acids is 1. The normalized spacial score (nSPS) is 16.9. The predicted octanol–water partition coefficient (Wildman–Crippen LogP) is 3.99. The summed E-state index contributed by atoms with van der Waals surface area (Å²) >= 11 is 0. The molecule has 0 amide bonds. The van der Waals surface area contributed by atoms with Crippen LogP contribution in [0.1, 0.15) is 73.8 Å². The van der Waals surface area contributed by atoms with Gasteiger partial charge in [0, 0.05) is 9.14 Å². The van der Waals surface area contributed by atoms with Crippen LogP contribution in [0.4, 0.5) is 0 Å². The van der Waals surface area contributed by atoms with Gasteiger partial charge in [0.05, 0.1) is 0 Å². The summed E-state index contributed by atoms with van der Waals surface area (Å²) in [5, 5.41) is 8.54. The molecule has 0 aromatic rings. The second-order valence-corrected chi connectivity index (χ2v) is 3.65. The Bertz CT molecular complexity index is 186. The quantitative estimate of drug-likeness (QED) is 0.544. The monoisotopic (exact) mass is 202 g/mol. The Hall–Kier alpha value is -0.530. The van der Waals surface area contributed by atoms with Crippen LogP contribution in [-0.2, 0) is 4.79 Å². The van der Waals surface area contributed by atoms with Gasteiger partial charge in [-0.05, 0) is 6.40 Å². The molecule has 0 heterocycles. The fourth-order valence-electron chi connectivity index (χ4n) is 1.40. The average molecular weight is 202 g/mol. The van der Waals surface area contributed by atoms with Gasteiger partial charge in [0.15, 0.2) is 0 Å². The number of carboxylic acid groups (broad SMARTS) is 1. The lowest BCUT2D eigenvalue weighted by Crippen LogP contribution is -1.93. The molecule has 0 aromatic carbocycles. The van der Waals surface area contributed by atoms with Crippen molar-refractivity contribution in [1.29, 1.82) is 0 Å². The third-order valence-corrected chi connectivity index (χ3v) is 2.23. The molecule has 0 radical (unpaired) electrons. The van der Waals surface area contributed by atoms with Crippen molar-refractivity contribution in [3.63, 3.8) is 0 Å². The van der Waals surface area contributed by atoms with Crippen molar-refractivity contribution >= 4 is 5.97 Å². The molecule has 0 spiro atoms. The third kappa shape index (κ3) is 11.5. The summed E-state index contributed by atoms with van der Waals surface area (Å²) in [5.41, 5.74) is 0. The van der Waals surface area contributed by atoms with E-state index in [4.69, 9.17) is 7.85 Å². The number of hydrogen-bond donors (Lipinski definition) is 1. The molecule has 2 atom stereocenters. The summed E-state index contributed by atoms with van der Waals surface area (Å²) in [6, 6.07) is 0. The molecule has 0 aliphatic heterocycles. The molecular weight excluding hydrogens is 176 g/mol. The molecule has 14 heavy (non-hydrogen) atoms. The minimum atomic E-state index is -1.28. The smallest absolute Gasteiger partial charge is 0.303 e. The lowest BCUT2D eigenvalue weighted by atomic mass is 10.1. The fraction of sp³-hybridized carbons (Fsp3) is 0.917. The van der Waals surface area contributed by atoms with Crippen LogP contribution in [-0.4, -0.2) is 11.1 Å². The SMILES string of the molecule is [2H]C(CCCCCCCCC)C([2H])C(=O)O. The minimum absolute atomic E-state index is 0.536. The van der Waals surface area contributed by atoms with Gasteiger partial charge in [-0.1, -0.05) is 58.3 Å². The van der Waals surface area contributed by atoms with Crippen molar-refractivity contribution in [3.05, 3.63) is 0 Å². The Morgan fingerprint density at radius 1 is 1.07 bits per heavy atom. The van der Waals surface area contributed by atoms with Crippen LogP contribution in [0.2, 0.25) is 0 Å². The standard InChI is InChI=1S/C12H24O2/c1-2-3-4-5-6-7-8-9-10-11-12(13)14/h2-11H2,1H3,(H,13,14)/i10D,11D. The van der Waals surface area contributed by atoms with E-state index >= 15 is 0 Å². The number of unbranched alkanes of at least 4 members (excludes halogenated alkanes) is 6. The van der Waals surface area contributed by atoms with Gasteiger partial charge in [-0.25, -0.2) is 0 Å². The van der Waals surface area contributed by atoms with Gasteiger partial charge in [0.2, 0.25) is 0 Å². The van der Waals surface area contributed by atoms with Crippen molar-refractivity contribution in [2.75, 3.05) is 0 Å². The highest BCUT2D eigenvalue weighted by molar-refractivity contribution is 5.66. The summed E-state index contributed by atoms with van der Waals surface area (Å²) in [5.74, 6) is -1.18. The molecule has 0 aliphatic carbocycles. The van der Waals surface area contributed by atoms with Crippen molar-refractivity contribution in [2.45, 2.75) is 71.1 Å². The number of hydrogen-bond acceptors (Lipinski definition) is 1. The molecule has 0 rings (SSSR count). The van der Waals surface area contributed by atoms with Crippen LogP contribution in [0.25, 0.3) is 0 Å². The molecule has 2 heteroatoms. The van der Waals surface area contributed by atoms with E-state index in [9.17, 15) is 4.79 Å². The van der Waals surface area contributed by atoms with E-state index in [2.05, 4.69) is 6.92 Å². The summed E-state index contributed by atoms with van der Waals surface area (Å²) in [4.78, 5) is 10.4. The summed E-state index contributed by atoms with van der Waals surface area (Å²) in [7, 11) is 0. The van der Waals surface area contributed by atoms with Crippen molar-refractivity contribution in [3.8, 4) is 0 Å². The highest BCUT2D eigenvalue weighted by atomic mass is 16.4. The Balaban J connectivity index is 3.34. The summed E-state index contributed by atoms with van der Waals surface area (Å²) < 4.78 is 14.7. The summed E-state index contributed by atoms with van der Waals surface area (Å²) in [6.45, 7) is 2.19. The van der Waals surface area contributed by atoms with E-state index in [1.165, 1.54) is 32.1 Å². The zero-order chi connectivity index (χ0) is 12.4. The van der Waals surface area contributed by atoms with Crippen LogP contribution in [0.3, 0.4) is 0 Å². The van der Waals surface area contributed by atoms with Gasteiger partial charge in [0.1, 0.15) is 0 Å². The molecule has 2 nitrogen and oxygen atoms in total. The van der Waals surface area contributed by atoms with Crippen LogP contribution < -0.4 is 0 Å². The van der Waals surface area contributed by atoms with Crippen molar-refractivity contribution < 1.29 is 12.6 Å². The molecule has 2 unspecified atom stereocenters. The van der Waals surface area contributed by atoms with Gasteiger partial charge in [-0.2, -0.15) is 0 Å². The van der Waals surface area contributed by atoms with E-state index in [0.29, 0.717) is 6.42 Å². The van der Waals surface area contributed by atoms with Gasteiger partial charge < -0.3 is 5.11 Å². The molecule has 0 aromatic heterocycles. The lowest BCUT2D eigenvalue weighted by molar-refractivity contribution is -0.137. The largest absolute Gasteiger partial charge is 0.481 e. The Kier molecular flexibility index (Phi) is 7.54. The molecule has 0 bridgehead atoms. The predicted molar refractivity (Wildman–Crippen MR) is 59.5 cm³/mol. The van der Waals surface area contributed by atoms with Gasteiger partial charge >= 0.3 is 5.97 Å². The average Bonchev–Trinajstić information content (AvgIpc) is 2.26. The molecule has 1 N–H and O–H groups in total. The van der Waals surface area contributed by atoms with Crippen LogP contribution in [0.15, 0.2) is 0 Å². The molecule has 0 fully saturated rings. The lowest BCUT2D eigenvalue weighted by Gasteiger charge is -2.00. The Labute approximate surface area is 90.5 Å². The molecule has 0 saturated heterocycles. The first kappa shape index (κ1) is 10.0. The third-order valence-electron chi connectivity index (χ3n) is 2.23. The summed E-state index contributed by atoms with van der Waals surface area (Å²) in [6.07, 6.45) is 6.64. The van der Waals surface area contributed by atoms with Gasteiger partial charge in [-0.3, -0.25) is 4.79 Å². The number of rotatable bonds is 10. The van der Waals surface area contributed by atoms with Gasteiger partial charge in [-0.15, -0.1) is 0 Å². The zero-order valence-corrected chi connectivity index (χ0v) is 9.17. The highest BCUT2D eigenvalue weighted by Crippen LogP contribution is 2.10. The Morgan fingerprint density at radius 3 is 2.07 bits per heavy atom. The first-order valence-corrected chi connectivity index (χ1v) is 5.67. The first-order valence-electron chi connectivity index (χ1n) is 6.82. The van der Waals surface area contributed by atoms with Gasteiger partial charge in [0.25, 0.3) is 0 Å². The van der Waals surface area contributed by atoms with Crippen LogP contribution in [0.5, 0.6) is 0 Å². The maximum atomic E-state index is 10.4. The maximum Gasteiger partial charge on any atom is 0.303 e. The van der Waals surface area contributed by atoms with E-state index in [1.54, 1.807) is 0 Å². The van der Waals surface area contributed by atoms with E-state index < -0.39 is 18.8 Å². The van der Waals surface area contributed by atoms with Crippen molar-refractivity contribution in [2.24, 2.45) is 0 Å². The molecule has 84 valence electrons. The van der Waals surface area contributed by atoms with Crippen molar-refractivity contribution in [1.82, 2.24) is 0 Å². The second-order valence-electron chi connectivity index (χ2n) is 3.65. The first-order chi connectivity index (χ1) is 7.59. The minimum Gasteiger partial charge on any atom is -0.481 e. The van der Waals surface area contributed by atoms with Crippen LogP contribution in [0, 0.1) is 0 Å². The fourth-order valence-corrected chi connectivity index (χ4v) is 1.40. The van der Waals surface area contributed by atoms with E-state index in [1.807, 2.05) is 0 Å². The topological polar surface area (TPSA) is 37.3 Å². The molecule has 0 saturated carbocycles. The maximum absolute atomic E-state index is 10.4. The van der Waals surface area contributed by atoms with Crippen LogP contribution >= 0.6 is 0 Å². The molecular formula is C12H24O2. The zero-order valence-electron chi connectivity index (χ0n) is 11.2.